The average Bonchev–Trinajstić information content (AvgIpc) is 3.79. The Hall–Kier alpha value is -6.52. The van der Waals surface area contributed by atoms with Gasteiger partial charge in [0.15, 0.2) is 0 Å². The monoisotopic (exact) mass is 975 g/mol. The molecular formula is C71H67BN2O. The number of anilines is 5. The molecule has 0 unspecified atom stereocenters. The van der Waals surface area contributed by atoms with Crippen LogP contribution in [-0.4, -0.2) is 6.85 Å². The number of nitrogens with zero attached hydrogens (tertiary/aromatic N) is 2. The van der Waals surface area contributed by atoms with Gasteiger partial charge in [0.25, 0.3) is 0 Å². The molecule has 0 N–H and O–H groups in total. The fourth-order valence-electron chi connectivity index (χ4n) is 18.9. The summed E-state index contributed by atoms with van der Waals surface area (Å²) in [7, 11) is 0. The Bertz CT molecular complexity index is 3800. The van der Waals surface area contributed by atoms with Crippen LogP contribution < -0.4 is 20.6 Å². The van der Waals surface area contributed by atoms with Crippen molar-refractivity contribution in [2.24, 2.45) is 35.5 Å². The minimum absolute atomic E-state index is 0.0238. The first-order valence-electron chi connectivity index (χ1n) is 29.1. The second kappa shape index (κ2) is 15.3. The predicted octanol–water partition coefficient (Wildman–Crippen LogP) is 17.7. The highest BCUT2D eigenvalue weighted by Crippen LogP contribution is 2.63. The molecule has 8 aliphatic carbocycles. The molecule has 4 heteroatoms. The summed E-state index contributed by atoms with van der Waals surface area (Å²) in [4.78, 5) is 5.46. The van der Waals surface area contributed by atoms with Crippen molar-refractivity contribution in [2.75, 3.05) is 9.71 Å². The minimum Gasteiger partial charge on any atom is -0.456 e. The highest BCUT2D eigenvalue weighted by molar-refractivity contribution is 6.93. The van der Waals surface area contributed by atoms with Gasteiger partial charge in [-0.05, 0) is 258 Å². The van der Waals surface area contributed by atoms with E-state index in [1.165, 1.54) is 161 Å². The third-order valence-electron chi connectivity index (χ3n) is 21.3. The lowest BCUT2D eigenvalue weighted by atomic mass is 9.43. The Balaban J connectivity index is 0.937. The van der Waals surface area contributed by atoms with E-state index < -0.39 is 0 Å². The Morgan fingerprint density at radius 1 is 0.480 bits per heavy atom. The summed E-state index contributed by atoms with van der Waals surface area (Å²) in [5.74, 6) is 5.38. The first-order valence-corrected chi connectivity index (χ1v) is 29.1. The maximum Gasteiger partial charge on any atom is 0.333 e. The largest absolute Gasteiger partial charge is 0.456 e. The summed E-state index contributed by atoms with van der Waals surface area (Å²) in [5, 5.41) is 4.76. The van der Waals surface area contributed by atoms with E-state index in [1.807, 2.05) is 0 Å². The highest BCUT2D eigenvalue weighted by atomic mass is 16.3. The van der Waals surface area contributed by atoms with Crippen molar-refractivity contribution < 1.29 is 4.42 Å². The van der Waals surface area contributed by atoms with Gasteiger partial charge in [0.1, 0.15) is 11.2 Å². The molecule has 19 rings (SSSR count). The summed E-state index contributed by atoms with van der Waals surface area (Å²) in [6, 6.07) is 60.0. The lowest BCUT2D eigenvalue weighted by Crippen LogP contribution is -2.61. The Kier molecular flexibility index (Phi) is 8.93. The van der Waals surface area contributed by atoms with E-state index in [9.17, 15) is 0 Å². The van der Waals surface area contributed by atoms with Crippen LogP contribution >= 0.6 is 0 Å². The van der Waals surface area contributed by atoms with Crippen LogP contribution in [0.1, 0.15) is 120 Å². The maximum atomic E-state index is 7.10. The van der Waals surface area contributed by atoms with Crippen molar-refractivity contribution >= 4 is 78.9 Å². The number of hydrogen-bond donors (Lipinski definition) is 0. The molecule has 10 aliphatic rings. The third kappa shape index (κ3) is 6.41. The van der Waals surface area contributed by atoms with E-state index in [4.69, 9.17) is 4.42 Å². The summed E-state index contributed by atoms with van der Waals surface area (Å²) in [5.41, 5.74) is 22.6. The zero-order valence-corrected chi connectivity index (χ0v) is 44.3. The van der Waals surface area contributed by atoms with Crippen LogP contribution in [0.25, 0.3) is 55.0 Å². The summed E-state index contributed by atoms with van der Waals surface area (Å²) in [6.45, 7) is 9.28. The molecular weight excluding hydrogens is 908 g/mol. The molecule has 1 aromatic heterocycles. The molecule has 8 aromatic carbocycles. The zero-order valence-electron chi connectivity index (χ0n) is 44.3. The van der Waals surface area contributed by atoms with E-state index in [2.05, 4.69) is 189 Å². The Morgan fingerprint density at radius 3 is 1.71 bits per heavy atom. The van der Waals surface area contributed by atoms with Crippen molar-refractivity contribution in [3.05, 3.63) is 174 Å². The molecule has 8 bridgehead atoms. The van der Waals surface area contributed by atoms with Crippen molar-refractivity contribution in [3.8, 4) is 22.3 Å². The molecule has 3 nitrogen and oxygen atoms in total. The number of fused-ring (bicyclic) bond motifs is 8. The topological polar surface area (TPSA) is 19.6 Å². The van der Waals surface area contributed by atoms with Crippen LogP contribution in [0.15, 0.2) is 156 Å². The number of furan rings is 1. The summed E-state index contributed by atoms with van der Waals surface area (Å²) in [6.07, 6.45) is 17.0. The molecule has 2 aliphatic heterocycles. The van der Waals surface area contributed by atoms with Gasteiger partial charge in [-0.3, -0.25) is 0 Å². The number of hydrogen-bond acceptors (Lipinski definition) is 3. The fraction of sp³-hybridized carbons (Fsp3) is 0.352. The van der Waals surface area contributed by atoms with Gasteiger partial charge >= 0.3 is 6.85 Å². The minimum atomic E-state index is -0.101. The van der Waals surface area contributed by atoms with Gasteiger partial charge in [-0.25, -0.2) is 0 Å². The summed E-state index contributed by atoms with van der Waals surface area (Å²) < 4.78 is 7.10. The van der Waals surface area contributed by atoms with Crippen LogP contribution in [0.5, 0.6) is 0 Å². The molecule has 0 radical (unpaired) electrons. The van der Waals surface area contributed by atoms with Crippen molar-refractivity contribution in [1.82, 2.24) is 0 Å². The predicted molar refractivity (Wildman–Crippen MR) is 314 cm³/mol. The Labute approximate surface area is 443 Å². The molecule has 0 atom stereocenters. The lowest BCUT2D eigenvalue weighted by Gasteiger charge is -2.57. The normalized spacial score (nSPS) is 27.7. The fourth-order valence-corrected chi connectivity index (χ4v) is 18.9. The standard InChI is InChI=1S/C71H67BN2O/c1-42-22-60-57-33-54(71-39-46-27-47(40-71)29-48(28-46)41-71)17-21-63(57)74(55-18-14-52(15-19-55)70-36-43-24-44(37-70)26-45(25-43)38-70)72-61-35-67-59(58-30-50-12-8-9-13-51(50)31-66(58)75-67)34-64(61)73(65(23-42)68(60)72)62-20-16-53(69(2,3)4)32-56(62)49-10-6-5-7-11-49/h5-23,30-35,43-48H,24-29,36-41H2,1-4H3. The number of benzene rings is 8. The molecule has 75 heavy (non-hydrogen) atoms. The van der Waals surface area contributed by atoms with Crippen molar-refractivity contribution in [3.63, 3.8) is 0 Å². The lowest BCUT2D eigenvalue weighted by molar-refractivity contribution is -0.00528. The van der Waals surface area contributed by atoms with Crippen LogP contribution in [-0.2, 0) is 16.2 Å². The molecule has 8 saturated carbocycles. The highest BCUT2D eigenvalue weighted by Gasteiger charge is 2.54. The first kappa shape index (κ1) is 43.7. The SMILES string of the molecule is Cc1cc2c3c(c1)N(c1ccc(C(C)(C)C)cc1-c1ccccc1)c1cc4c(cc1B3N(c1ccc(C35CC6CC(CC(C6)C3)C5)cc1)c1ccc(C35CC6CC(CC(C6)C3)C5)cc1-2)oc1cc2ccccc2cc14. The molecule has 9 aromatic rings. The van der Waals surface area contributed by atoms with Crippen molar-refractivity contribution in [2.45, 2.75) is 121 Å². The van der Waals surface area contributed by atoms with Gasteiger partial charge in [0, 0.05) is 44.6 Å². The van der Waals surface area contributed by atoms with Gasteiger partial charge in [-0.15, -0.1) is 0 Å². The molecule has 3 heterocycles. The Morgan fingerprint density at radius 2 is 1.05 bits per heavy atom. The van der Waals surface area contributed by atoms with Gasteiger partial charge in [-0.2, -0.15) is 0 Å². The van der Waals surface area contributed by atoms with Gasteiger partial charge < -0.3 is 14.1 Å². The van der Waals surface area contributed by atoms with E-state index in [-0.39, 0.29) is 17.7 Å². The molecule has 0 spiro atoms. The molecule has 8 fully saturated rings. The number of rotatable bonds is 5. The second-order valence-electron chi connectivity index (χ2n) is 27.1. The van der Waals surface area contributed by atoms with Gasteiger partial charge in [-0.1, -0.05) is 106 Å². The number of aryl methyl sites for hydroxylation is 1. The van der Waals surface area contributed by atoms with E-state index in [0.717, 1.165) is 57.4 Å². The van der Waals surface area contributed by atoms with Crippen LogP contribution in [0, 0.1) is 42.4 Å². The first-order chi connectivity index (χ1) is 36.5. The molecule has 0 amide bonds. The smallest absolute Gasteiger partial charge is 0.333 e. The maximum absolute atomic E-state index is 7.10. The van der Waals surface area contributed by atoms with E-state index in [0.29, 0.717) is 5.41 Å². The third-order valence-corrected chi connectivity index (χ3v) is 21.3. The van der Waals surface area contributed by atoms with E-state index in [1.54, 1.807) is 11.1 Å². The van der Waals surface area contributed by atoms with Gasteiger partial charge in [0.05, 0.1) is 5.69 Å². The second-order valence-corrected chi connectivity index (χ2v) is 27.1. The van der Waals surface area contributed by atoms with Crippen LogP contribution in [0.4, 0.5) is 28.4 Å². The van der Waals surface area contributed by atoms with Gasteiger partial charge in [0.2, 0.25) is 0 Å². The van der Waals surface area contributed by atoms with Crippen molar-refractivity contribution in [1.29, 1.82) is 0 Å². The summed E-state index contributed by atoms with van der Waals surface area (Å²) >= 11 is 0. The zero-order chi connectivity index (χ0) is 49.7. The van der Waals surface area contributed by atoms with E-state index >= 15 is 0 Å². The van der Waals surface area contributed by atoms with Crippen LogP contribution in [0.3, 0.4) is 0 Å². The average molecular weight is 975 g/mol. The molecule has 370 valence electrons. The molecule has 0 saturated heterocycles. The quantitative estimate of drug-likeness (QED) is 0.160. The van der Waals surface area contributed by atoms with Crippen LogP contribution in [0.2, 0.25) is 0 Å².